The summed E-state index contributed by atoms with van der Waals surface area (Å²) in [5.41, 5.74) is 4.40. The molecular weight excluding hydrogens is 469 g/mol. The molecule has 1 heterocycles. The van der Waals surface area contributed by atoms with Crippen LogP contribution in [0.15, 0.2) is 121 Å². The zero-order chi connectivity index (χ0) is 24.6. The molecule has 0 bridgehead atoms. The standard InChI is InChI=1S/C29H26N3O3P/c33-36(34-22-25-15-7-2-8-16-25,35-23-26-17-9-3-10-18-26)29-28(27-19-11-4-12-20-27)30-31-32(29)21-24-13-5-1-6-14-24/h1-20H,21-23H2. The molecule has 0 amide bonds. The Hall–Kier alpha value is -3.83. The van der Waals surface area contributed by atoms with Crippen LogP contribution in [0.1, 0.15) is 16.7 Å². The van der Waals surface area contributed by atoms with Gasteiger partial charge in [-0.2, -0.15) is 0 Å². The summed E-state index contributed by atoms with van der Waals surface area (Å²) in [5, 5.41) is 8.84. The Morgan fingerprint density at radius 3 is 1.56 bits per heavy atom. The monoisotopic (exact) mass is 495 g/mol. The predicted molar refractivity (Wildman–Crippen MR) is 141 cm³/mol. The lowest BCUT2D eigenvalue weighted by molar-refractivity contribution is 0.199. The Kier molecular flexibility index (Phi) is 7.48. The van der Waals surface area contributed by atoms with E-state index in [0.717, 1.165) is 22.3 Å². The van der Waals surface area contributed by atoms with Gasteiger partial charge in [0.2, 0.25) is 0 Å². The molecule has 0 fully saturated rings. The van der Waals surface area contributed by atoms with E-state index in [4.69, 9.17) is 9.05 Å². The van der Waals surface area contributed by atoms with Gasteiger partial charge in [0.25, 0.3) is 0 Å². The third kappa shape index (κ3) is 5.69. The highest BCUT2D eigenvalue weighted by Crippen LogP contribution is 2.50. The summed E-state index contributed by atoms with van der Waals surface area (Å²) in [5.74, 6) is 0. The molecule has 0 saturated carbocycles. The zero-order valence-electron chi connectivity index (χ0n) is 19.7. The van der Waals surface area contributed by atoms with Crippen LogP contribution in [0.3, 0.4) is 0 Å². The number of nitrogens with zero attached hydrogens (tertiary/aromatic N) is 3. The molecule has 4 aromatic carbocycles. The van der Waals surface area contributed by atoms with Crippen LogP contribution < -0.4 is 5.44 Å². The Morgan fingerprint density at radius 1 is 0.611 bits per heavy atom. The molecule has 5 rings (SSSR count). The summed E-state index contributed by atoms with van der Waals surface area (Å²) in [4.78, 5) is 0. The van der Waals surface area contributed by atoms with Gasteiger partial charge in [0.05, 0.1) is 19.8 Å². The number of hydrogen-bond donors (Lipinski definition) is 0. The van der Waals surface area contributed by atoms with Gasteiger partial charge in [-0.05, 0) is 16.7 Å². The van der Waals surface area contributed by atoms with E-state index in [1.807, 2.05) is 121 Å². The molecule has 180 valence electrons. The summed E-state index contributed by atoms with van der Waals surface area (Å²) in [6.07, 6.45) is 0. The fourth-order valence-electron chi connectivity index (χ4n) is 3.85. The second kappa shape index (κ2) is 11.3. The van der Waals surface area contributed by atoms with Crippen molar-refractivity contribution in [2.75, 3.05) is 0 Å². The molecule has 0 atom stereocenters. The molecule has 36 heavy (non-hydrogen) atoms. The van der Waals surface area contributed by atoms with Gasteiger partial charge in [0, 0.05) is 5.56 Å². The normalized spacial score (nSPS) is 11.4. The Morgan fingerprint density at radius 2 is 1.06 bits per heavy atom. The average Bonchev–Trinajstić information content (AvgIpc) is 3.37. The molecule has 0 radical (unpaired) electrons. The third-order valence-corrected chi connectivity index (χ3v) is 7.58. The minimum absolute atomic E-state index is 0.123. The zero-order valence-corrected chi connectivity index (χ0v) is 20.6. The maximum Gasteiger partial charge on any atom is 0.382 e. The SMILES string of the molecule is O=P(OCc1ccccc1)(OCc1ccccc1)c1c(-c2ccccc2)nnn1Cc1ccccc1. The van der Waals surface area contributed by atoms with E-state index >= 15 is 0 Å². The number of hydrogen-bond acceptors (Lipinski definition) is 5. The molecule has 6 nitrogen and oxygen atoms in total. The van der Waals surface area contributed by atoms with Crippen molar-refractivity contribution >= 4 is 13.0 Å². The highest BCUT2D eigenvalue weighted by molar-refractivity contribution is 7.62. The van der Waals surface area contributed by atoms with Gasteiger partial charge in [0.1, 0.15) is 5.69 Å². The quantitative estimate of drug-likeness (QED) is 0.215. The summed E-state index contributed by atoms with van der Waals surface area (Å²) < 4.78 is 28.6. The number of benzene rings is 4. The Labute approximate surface area is 210 Å². The van der Waals surface area contributed by atoms with Crippen LogP contribution in [0.5, 0.6) is 0 Å². The van der Waals surface area contributed by atoms with E-state index in [2.05, 4.69) is 10.3 Å². The fraction of sp³-hybridized carbons (Fsp3) is 0.103. The first-order valence-corrected chi connectivity index (χ1v) is 13.3. The van der Waals surface area contributed by atoms with Gasteiger partial charge in [-0.25, -0.2) is 4.68 Å². The summed E-state index contributed by atoms with van der Waals surface area (Å²) in [6.45, 7) is 0.624. The second-order valence-electron chi connectivity index (χ2n) is 8.29. The van der Waals surface area contributed by atoms with Crippen LogP contribution in [0.25, 0.3) is 11.3 Å². The molecule has 0 saturated heterocycles. The van der Waals surface area contributed by atoms with Crippen molar-refractivity contribution < 1.29 is 13.6 Å². The van der Waals surface area contributed by atoms with Crippen molar-refractivity contribution in [2.45, 2.75) is 19.8 Å². The lowest BCUT2D eigenvalue weighted by atomic mass is 10.2. The molecule has 0 aliphatic heterocycles. The van der Waals surface area contributed by atoms with Gasteiger partial charge < -0.3 is 0 Å². The van der Waals surface area contributed by atoms with E-state index in [-0.39, 0.29) is 13.2 Å². The molecule has 0 aliphatic carbocycles. The maximum atomic E-state index is 14.7. The van der Waals surface area contributed by atoms with Gasteiger partial charge in [-0.1, -0.05) is 127 Å². The summed E-state index contributed by atoms with van der Waals surface area (Å²) >= 11 is 0. The van der Waals surface area contributed by atoms with Crippen molar-refractivity contribution in [2.24, 2.45) is 0 Å². The number of rotatable bonds is 10. The highest BCUT2D eigenvalue weighted by atomic mass is 31.2. The topological polar surface area (TPSA) is 66.2 Å². The molecule has 0 spiro atoms. The minimum Gasteiger partial charge on any atom is -0.299 e. The van der Waals surface area contributed by atoms with E-state index in [1.54, 1.807) is 4.68 Å². The summed E-state index contributed by atoms with van der Waals surface area (Å²) in [6, 6.07) is 38.7. The number of aromatic nitrogens is 3. The first-order chi connectivity index (χ1) is 17.7. The molecule has 0 N–H and O–H groups in total. The Bertz CT molecular complexity index is 1380. The first kappa shape index (κ1) is 23.9. The van der Waals surface area contributed by atoms with E-state index in [9.17, 15) is 4.57 Å². The van der Waals surface area contributed by atoms with E-state index < -0.39 is 7.60 Å². The van der Waals surface area contributed by atoms with Crippen molar-refractivity contribution in [3.8, 4) is 11.3 Å². The lowest BCUT2D eigenvalue weighted by Crippen LogP contribution is -2.23. The molecule has 5 aromatic rings. The molecular formula is C29H26N3O3P. The lowest BCUT2D eigenvalue weighted by Gasteiger charge is -2.21. The van der Waals surface area contributed by atoms with Crippen molar-refractivity contribution in [1.29, 1.82) is 0 Å². The van der Waals surface area contributed by atoms with Crippen molar-refractivity contribution in [1.82, 2.24) is 15.0 Å². The highest BCUT2D eigenvalue weighted by Gasteiger charge is 2.37. The van der Waals surface area contributed by atoms with Gasteiger partial charge >= 0.3 is 7.60 Å². The smallest absolute Gasteiger partial charge is 0.299 e. The molecule has 1 aromatic heterocycles. The predicted octanol–water partition coefficient (Wildman–Crippen LogP) is 6.25. The van der Waals surface area contributed by atoms with Crippen molar-refractivity contribution in [3.05, 3.63) is 138 Å². The van der Waals surface area contributed by atoms with Crippen LogP contribution in [-0.2, 0) is 33.4 Å². The molecule has 7 heteroatoms. The largest absolute Gasteiger partial charge is 0.382 e. The summed E-state index contributed by atoms with van der Waals surface area (Å²) in [7, 11) is -3.89. The van der Waals surface area contributed by atoms with Gasteiger partial charge in [-0.15, -0.1) is 5.10 Å². The minimum atomic E-state index is -3.89. The van der Waals surface area contributed by atoms with Crippen LogP contribution >= 0.6 is 7.60 Å². The third-order valence-electron chi connectivity index (χ3n) is 5.68. The van der Waals surface area contributed by atoms with Crippen LogP contribution in [0.4, 0.5) is 0 Å². The first-order valence-electron chi connectivity index (χ1n) is 11.7. The van der Waals surface area contributed by atoms with Gasteiger partial charge in [-0.3, -0.25) is 13.6 Å². The van der Waals surface area contributed by atoms with Crippen LogP contribution in [0.2, 0.25) is 0 Å². The van der Waals surface area contributed by atoms with Crippen LogP contribution in [0, 0.1) is 0 Å². The molecule has 0 unspecified atom stereocenters. The fourth-order valence-corrected chi connectivity index (χ4v) is 5.64. The van der Waals surface area contributed by atoms with E-state index in [1.165, 1.54) is 0 Å². The van der Waals surface area contributed by atoms with E-state index in [0.29, 0.717) is 17.7 Å². The average molecular weight is 496 g/mol. The second-order valence-corrected chi connectivity index (χ2v) is 10.2. The molecule has 0 aliphatic rings. The van der Waals surface area contributed by atoms with Crippen molar-refractivity contribution in [3.63, 3.8) is 0 Å². The van der Waals surface area contributed by atoms with Crippen LogP contribution in [-0.4, -0.2) is 15.0 Å². The Balaban J connectivity index is 1.58. The van der Waals surface area contributed by atoms with Gasteiger partial charge in [0.15, 0.2) is 5.44 Å². The maximum absolute atomic E-state index is 14.7.